The average molecular weight is 478 g/mol. The second-order valence-corrected chi connectivity index (χ2v) is 9.55. The van der Waals surface area contributed by atoms with Crippen LogP contribution in [0.4, 0.5) is 5.69 Å². The number of aromatic nitrogens is 1. The monoisotopic (exact) mass is 477 g/mol. The minimum atomic E-state index is -0.0770. The van der Waals surface area contributed by atoms with E-state index >= 15 is 0 Å². The van der Waals surface area contributed by atoms with Gasteiger partial charge in [-0.2, -0.15) is 0 Å². The maximum Gasteiger partial charge on any atom is 0.230 e. The quantitative estimate of drug-likeness (QED) is 0.396. The van der Waals surface area contributed by atoms with Crippen LogP contribution in [0.1, 0.15) is 50.8 Å². The van der Waals surface area contributed by atoms with Crippen molar-refractivity contribution in [2.24, 2.45) is 17.6 Å². The summed E-state index contributed by atoms with van der Waals surface area (Å²) >= 11 is 0. The van der Waals surface area contributed by atoms with Crippen molar-refractivity contribution < 1.29 is 4.79 Å². The molecule has 5 heteroatoms. The van der Waals surface area contributed by atoms with E-state index in [2.05, 4.69) is 74.3 Å². The Bertz CT molecular complexity index is 1050. The van der Waals surface area contributed by atoms with Crippen LogP contribution in [-0.2, 0) is 11.2 Å². The molecule has 1 heterocycles. The van der Waals surface area contributed by atoms with Gasteiger partial charge < -0.3 is 10.6 Å². The predicted octanol–water partition coefficient (Wildman–Crippen LogP) is 6.24. The van der Waals surface area contributed by atoms with Crippen LogP contribution < -0.4 is 10.6 Å². The number of pyridine rings is 1. The molecule has 0 spiro atoms. The van der Waals surface area contributed by atoms with Crippen LogP contribution in [0.25, 0.3) is 11.1 Å². The number of hydrogen-bond donors (Lipinski definition) is 1. The van der Waals surface area contributed by atoms with Crippen LogP contribution in [0.3, 0.4) is 0 Å². The summed E-state index contributed by atoms with van der Waals surface area (Å²) in [6, 6.07) is 22.9. The highest BCUT2D eigenvalue weighted by atomic mass is 35.5. The van der Waals surface area contributed by atoms with Crippen molar-refractivity contribution >= 4 is 24.0 Å². The molecule has 1 aliphatic rings. The molecule has 0 saturated heterocycles. The lowest BCUT2D eigenvalue weighted by molar-refractivity contribution is -0.120. The van der Waals surface area contributed by atoms with Gasteiger partial charge in [0.1, 0.15) is 0 Å². The fourth-order valence-corrected chi connectivity index (χ4v) is 4.32. The fourth-order valence-electron chi connectivity index (χ4n) is 4.32. The number of nitrogens with two attached hydrogens (primary N) is 1. The lowest BCUT2D eigenvalue weighted by Gasteiger charge is -2.28. The van der Waals surface area contributed by atoms with Crippen molar-refractivity contribution in [3.05, 3.63) is 84.2 Å². The van der Waals surface area contributed by atoms with Gasteiger partial charge in [0.25, 0.3) is 0 Å². The van der Waals surface area contributed by atoms with Gasteiger partial charge in [0, 0.05) is 42.0 Å². The molecule has 0 bridgehead atoms. The van der Waals surface area contributed by atoms with Crippen LogP contribution in [0.15, 0.2) is 72.9 Å². The Morgan fingerprint density at radius 2 is 1.68 bits per heavy atom. The third-order valence-electron chi connectivity index (χ3n) is 6.70. The Kier molecular flexibility index (Phi) is 8.87. The van der Waals surface area contributed by atoms with Gasteiger partial charge in [-0.25, -0.2) is 0 Å². The first-order chi connectivity index (χ1) is 16.0. The van der Waals surface area contributed by atoms with E-state index in [4.69, 9.17) is 5.73 Å². The molecule has 1 amide bonds. The van der Waals surface area contributed by atoms with Crippen molar-refractivity contribution in [1.29, 1.82) is 0 Å². The number of halogens is 1. The second kappa shape index (κ2) is 11.6. The van der Waals surface area contributed by atoms with E-state index in [1.807, 2.05) is 23.1 Å². The Hall–Kier alpha value is -2.69. The lowest BCUT2D eigenvalue weighted by Crippen LogP contribution is -2.44. The Morgan fingerprint density at radius 3 is 2.24 bits per heavy atom. The summed E-state index contributed by atoms with van der Waals surface area (Å²) in [6.07, 6.45) is 4.91. The molecule has 2 N–H and O–H groups in total. The topological polar surface area (TPSA) is 59.2 Å². The third-order valence-corrected chi connectivity index (χ3v) is 6.70. The Morgan fingerprint density at radius 1 is 1.03 bits per heavy atom. The van der Waals surface area contributed by atoms with Gasteiger partial charge in [-0.3, -0.25) is 9.78 Å². The number of benzene rings is 2. The molecule has 2 aromatic carbocycles. The molecule has 4 nitrogen and oxygen atoms in total. The van der Waals surface area contributed by atoms with E-state index < -0.39 is 0 Å². The molecule has 0 radical (unpaired) electrons. The van der Waals surface area contributed by atoms with E-state index in [1.54, 1.807) is 6.20 Å². The average Bonchev–Trinajstić information content (AvgIpc) is 3.64. The number of amides is 1. The first kappa shape index (κ1) is 25.9. The largest absolute Gasteiger partial charge is 0.326 e. The number of aryl methyl sites for hydroxylation is 1. The zero-order valence-electron chi connectivity index (χ0n) is 20.4. The first-order valence-corrected chi connectivity index (χ1v) is 12.1. The fraction of sp³-hybridized carbons (Fsp3) is 0.379. The Labute approximate surface area is 210 Å². The van der Waals surface area contributed by atoms with E-state index in [-0.39, 0.29) is 36.2 Å². The van der Waals surface area contributed by atoms with Gasteiger partial charge in [-0.05, 0) is 59.7 Å². The van der Waals surface area contributed by atoms with Crippen LogP contribution in [0.5, 0.6) is 0 Å². The van der Waals surface area contributed by atoms with Gasteiger partial charge in [0.05, 0.1) is 0 Å². The number of hydrogen-bond acceptors (Lipinski definition) is 3. The van der Waals surface area contributed by atoms with Crippen molar-refractivity contribution in [2.45, 2.75) is 52.0 Å². The second-order valence-electron chi connectivity index (χ2n) is 9.55. The first-order valence-electron chi connectivity index (χ1n) is 12.1. The zero-order valence-corrected chi connectivity index (χ0v) is 21.2. The van der Waals surface area contributed by atoms with Crippen molar-refractivity contribution in [2.75, 3.05) is 11.4 Å². The predicted molar refractivity (Wildman–Crippen MR) is 143 cm³/mol. The molecule has 180 valence electrons. The SMILES string of the molecule is CCCc1ccc(-c2ccc(N(C[C@@H](N)C(C)C)C(=O)[C@@H]3C[C@H]3c3ccccn3)cc2)cc1.Cl. The summed E-state index contributed by atoms with van der Waals surface area (Å²) in [7, 11) is 0. The minimum absolute atomic E-state index is 0. The number of rotatable bonds is 9. The maximum absolute atomic E-state index is 13.5. The van der Waals surface area contributed by atoms with Gasteiger partial charge >= 0.3 is 0 Å². The molecule has 0 aliphatic heterocycles. The summed E-state index contributed by atoms with van der Waals surface area (Å²) in [6.45, 7) is 6.93. The maximum atomic E-state index is 13.5. The summed E-state index contributed by atoms with van der Waals surface area (Å²) in [4.78, 5) is 19.9. The highest BCUT2D eigenvalue weighted by Crippen LogP contribution is 2.48. The molecule has 3 aromatic rings. The summed E-state index contributed by atoms with van der Waals surface area (Å²) in [5.41, 5.74) is 12.0. The third kappa shape index (κ3) is 6.05. The highest BCUT2D eigenvalue weighted by Gasteiger charge is 2.47. The van der Waals surface area contributed by atoms with Crippen LogP contribution in [0, 0.1) is 11.8 Å². The van der Waals surface area contributed by atoms with E-state index in [1.165, 1.54) is 11.1 Å². The van der Waals surface area contributed by atoms with Gasteiger partial charge in [0.15, 0.2) is 0 Å². The molecule has 1 aromatic heterocycles. The van der Waals surface area contributed by atoms with Gasteiger partial charge in [0.2, 0.25) is 5.91 Å². The van der Waals surface area contributed by atoms with Gasteiger partial charge in [-0.15, -0.1) is 12.4 Å². The molecule has 1 saturated carbocycles. The molecule has 1 aliphatic carbocycles. The van der Waals surface area contributed by atoms with Crippen molar-refractivity contribution in [3.8, 4) is 11.1 Å². The molecule has 4 rings (SSSR count). The van der Waals surface area contributed by atoms with E-state index in [0.29, 0.717) is 12.5 Å². The van der Waals surface area contributed by atoms with Gasteiger partial charge in [-0.1, -0.05) is 69.7 Å². The highest BCUT2D eigenvalue weighted by molar-refractivity contribution is 5.97. The molecule has 0 unspecified atom stereocenters. The van der Waals surface area contributed by atoms with Crippen LogP contribution >= 0.6 is 12.4 Å². The number of carbonyl (C=O) groups is 1. The molecule has 1 fully saturated rings. The molecular formula is C29H36ClN3O. The minimum Gasteiger partial charge on any atom is -0.326 e. The van der Waals surface area contributed by atoms with E-state index in [9.17, 15) is 4.79 Å². The number of carbonyl (C=O) groups excluding carboxylic acids is 1. The number of anilines is 1. The standard InChI is InChI=1S/C29H35N3O.ClH/c1-4-7-21-9-11-22(12-10-21)23-13-15-24(16-14-23)32(19-27(30)20(2)3)29(33)26-18-25(26)28-8-5-6-17-31-28;/h5-6,8-17,20,25-27H,4,7,18-19,30H2,1-3H3;1H/t25-,26-,27-;/m1./s1. The molecular weight excluding hydrogens is 442 g/mol. The van der Waals surface area contributed by atoms with Crippen LogP contribution in [0.2, 0.25) is 0 Å². The van der Waals surface area contributed by atoms with E-state index in [0.717, 1.165) is 36.2 Å². The van der Waals surface area contributed by atoms with Crippen molar-refractivity contribution in [1.82, 2.24) is 4.98 Å². The van der Waals surface area contributed by atoms with Crippen molar-refractivity contribution in [3.63, 3.8) is 0 Å². The summed E-state index contributed by atoms with van der Waals surface area (Å²) < 4.78 is 0. The molecule has 3 atom stereocenters. The Balaban J connectivity index is 0.00000324. The van der Waals surface area contributed by atoms with Crippen LogP contribution in [-0.4, -0.2) is 23.5 Å². The lowest BCUT2D eigenvalue weighted by atomic mass is 10.0. The number of nitrogens with zero attached hydrogens (tertiary/aromatic N) is 2. The molecule has 34 heavy (non-hydrogen) atoms. The smallest absolute Gasteiger partial charge is 0.230 e. The zero-order chi connectivity index (χ0) is 23.4. The normalized spacial score (nSPS) is 17.7. The summed E-state index contributed by atoms with van der Waals surface area (Å²) in [5, 5.41) is 0. The summed E-state index contributed by atoms with van der Waals surface area (Å²) in [5.74, 6) is 0.632.